The quantitative estimate of drug-likeness (QED) is 0.808. The maximum absolute atomic E-state index is 11.8. The third kappa shape index (κ3) is 5.34. The van der Waals surface area contributed by atoms with Crippen LogP contribution in [0.1, 0.15) is 37.0 Å². The van der Waals surface area contributed by atoms with E-state index in [1.807, 2.05) is 13.8 Å². The van der Waals surface area contributed by atoms with Gasteiger partial charge in [0.2, 0.25) is 5.22 Å². The number of carboxylic acid groups (broad SMARTS) is 1. The first-order valence-electron chi connectivity index (χ1n) is 6.13. The fourth-order valence-electron chi connectivity index (χ4n) is 1.94. The van der Waals surface area contributed by atoms with E-state index in [4.69, 9.17) is 21.1 Å². The molecule has 0 saturated carbocycles. The van der Waals surface area contributed by atoms with E-state index in [9.17, 15) is 9.59 Å². The maximum atomic E-state index is 11.8. The molecular weight excluding hydrogens is 270 g/mol. The van der Waals surface area contributed by atoms with E-state index in [0.29, 0.717) is 12.5 Å². The Hall–Kier alpha value is -1.49. The van der Waals surface area contributed by atoms with Gasteiger partial charge in [-0.25, -0.2) is 0 Å². The first kappa shape index (κ1) is 15.6. The Morgan fingerprint density at radius 3 is 2.63 bits per heavy atom. The third-order valence-electron chi connectivity index (χ3n) is 2.68. The molecule has 106 valence electrons. The minimum Gasteiger partial charge on any atom is -0.481 e. The molecule has 1 atom stereocenters. The molecule has 1 amide bonds. The van der Waals surface area contributed by atoms with Crippen LogP contribution in [0.3, 0.4) is 0 Å². The predicted octanol–water partition coefficient (Wildman–Crippen LogP) is 2.80. The highest BCUT2D eigenvalue weighted by atomic mass is 35.5. The summed E-state index contributed by atoms with van der Waals surface area (Å²) in [4.78, 5) is 22.6. The van der Waals surface area contributed by atoms with E-state index < -0.39 is 5.97 Å². The van der Waals surface area contributed by atoms with E-state index in [-0.39, 0.29) is 29.0 Å². The van der Waals surface area contributed by atoms with Crippen molar-refractivity contribution in [1.82, 2.24) is 5.32 Å². The van der Waals surface area contributed by atoms with Gasteiger partial charge in [0.1, 0.15) is 0 Å². The number of carbonyl (C=O) groups excluding carboxylic acids is 1. The molecular formula is C13H18ClNO4. The average molecular weight is 288 g/mol. The van der Waals surface area contributed by atoms with Crippen LogP contribution in [-0.2, 0) is 4.79 Å². The average Bonchev–Trinajstić information content (AvgIpc) is 2.70. The van der Waals surface area contributed by atoms with Gasteiger partial charge < -0.3 is 14.8 Å². The summed E-state index contributed by atoms with van der Waals surface area (Å²) >= 11 is 5.70. The zero-order chi connectivity index (χ0) is 14.4. The molecule has 1 aromatic heterocycles. The fourth-order valence-corrected chi connectivity index (χ4v) is 2.14. The summed E-state index contributed by atoms with van der Waals surface area (Å²) in [6.07, 6.45) is 2.11. The lowest BCUT2D eigenvalue weighted by Gasteiger charge is -2.17. The van der Waals surface area contributed by atoms with Crippen molar-refractivity contribution in [2.45, 2.75) is 26.7 Å². The van der Waals surface area contributed by atoms with Gasteiger partial charge in [0.15, 0.2) is 0 Å². The van der Waals surface area contributed by atoms with E-state index in [1.165, 1.54) is 12.3 Å². The van der Waals surface area contributed by atoms with Crippen molar-refractivity contribution in [2.24, 2.45) is 11.8 Å². The standard InChI is InChI=1S/C13H18ClNO4/c1-8(2)5-9(6-11(16)17)7-15-13(18)10-3-4-19-12(10)14/h3-4,8-9H,5-7H2,1-2H3,(H,15,18)(H,16,17)/t9-/m0/s1. The van der Waals surface area contributed by atoms with Crippen LogP contribution in [0, 0.1) is 11.8 Å². The van der Waals surface area contributed by atoms with Gasteiger partial charge in [0, 0.05) is 13.0 Å². The summed E-state index contributed by atoms with van der Waals surface area (Å²) in [5.41, 5.74) is 0.264. The highest BCUT2D eigenvalue weighted by Crippen LogP contribution is 2.18. The summed E-state index contributed by atoms with van der Waals surface area (Å²) in [5, 5.41) is 11.6. The topological polar surface area (TPSA) is 79.5 Å². The monoisotopic (exact) mass is 287 g/mol. The Morgan fingerprint density at radius 2 is 2.16 bits per heavy atom. The summed E-state index contributed by atoms with van der Waals surface area (Å²) in [7, 11) is 0. The maximum Gasteiger partial charge on any atom is 0.303 e. The number of rotatable bonds is 7. The molecule has 6 heteroatoms. The minimum atomic E-state index is -0.860. The minimum absolute atomic E-state index is 0.0381. The molecule has 0 aromatic carbocycles. The molecule has 19 heavy (non-hydrogen) atoms. The number of carbonyl (C=O) groups is 2. The van der Waals surface area contributed by atoms with Gasteiger partial charge in [0.05, 0.1) is 11.8 Å². The highest BCUT2D eigenvalue weighted by molar-refractivity contribution is 6.32. The van der Waals surface area contributed by atoms with Crippen molar-refractivity contribution in [2.75, 3.05) is 6.54 Å². The van der Waals surface area contributed by atoms with Crippen LogP contribution in [0.4, 0.5) is 0 Å². The smallest absolute Gasteiger partial charge is 0.303 e. The second-order valence-corrected chi connectivity index (χ2v) is 5.25. The van der Waals surface area contributed by atoms with E-state index in [0.717, 1.165) is 6.42 Å². The van der Waals surface area contributed by atoms with E-state index in [1.54, 1.807) is 0 Å². The number of aliphatic carboxylic acids is 1. The van der Waals surface area contributed by atoms with Gasteiger partial charge >= 0.3 is 5.97 Å². The van der Waals surface area contributed by atoms with Gasteiger partial charge in [-0.05, 0) is 35.9 Å². The van der Waals surface area contributed by atoms with Crippen LogP contribution < -0.4 is 5.32 Å². The summed E-state index contributed by atoms with van der Waals surface area (Å²) in [5.74, 6) is -0.926. The lowest BCUT2D eigenvalue weighted by molar-refractivity contribution is -0.138. The predicted molar refractivity (Wildman–Crippen MR) is 71.2 cm³/mol. The Labute approximate surface area is 116 Å². The number of hydrogen-bond acceptors (Lipinski definition) is 3. The van der Waals surface area contributed by atoms with Crippen LogP contribution in [0.15, 0.2) is 16.7 Å². The molecule has 1 heterocycles. The molecule has 0 radical (unpaired) electrons. The zero-order valence-electron chi connectivity index (χ0n) is 11.0. The van der Waals surface area contributed by atoms with E-state index >= 15 is 0 Å². The van der Waals surface area contributed by atoms with E-state index in [2.05, 4.69) is 5.32 Å². The SMILES string of the molecule is CC(C)C[C@H](CNC(=O)c1ccoc1Cl)CC(=O)O. The number of hydrogen-bond donors (Lipinski definition) is 2. The second kappa shape index (κ2) is 7.19. The molecule has 1 aromatic rings. The van der Waals surface area contributed by atoms with Crippen molar-refractivity contribution in [3.05, 3.63) is 23.1 Å². The van der Waals surface area contributed by atoms with Gasteiger partial charge in [-0.3, -0.25) is 9.59 Å². The lowest BCUT2D eigenvalue weighted by Crippen LogP contribution is -2.31. The van der Waals surface area contributed by atoms with Crippen molar-refractivity contribution >= 4 is 23.5 Å². The summed E-state index contributed by atoms with van der Waals surface area (Å²) < 4.78 is 4.83. The highest BCUT2D eigenvalue weighted by Gasteiger charge is 2.18. The summed E-state index contributed by atoms with van der Waals surface area (Å²) in [6.45, 7) is 4.35. The Bertz CT molecular complexity index is 442. The van der Waals surface area contributed by atoms with Gasteiger partial charge in [-0.2, -0.15) is 0 Å². The van der Waals surface area contributed by atoms with Crippen LogP contribution in [0.2, 0.25) is 5.22 Å². The number of furan rings is 1. The van der Waals surface area contributed by atoms with Crippen LogP contribution >= 0.6 is 11.6 Å². The number of halogens is 1. The Balaban J connectivity index is 2.53. The fraction of sp³-hybridized carbons (Fsp3) is 0.538. The number of carboxylic acids is 1. The van der Waals surface area contributed by atoms with Crippen molar-refractivity contribution < 1.29 is 19.1 Å². The largest absolute Gasteiger partial charge is 0.481 e. The van der Waals surface area contributed by atoms with Crippen LogP contribution in [0.5, 0.6) is 0 Å². The van der Waals surface area contributed by atoms with Crippen molar-refractivity contribution in [3.8, 4) is 0 Å². The number of amides is 1. The molecule has 0 unspecified atom stereocenters. The Morgan fingerprint density at radius 1 is 1.47 bits per heavy atom. The van der Waals surface area contributed by atoms with Gasteiger partial charge in [-0.15, -0.1) is 0 Å². The third-order valence-corrected chi connectivity index (χ3v) is 2.97. The van der Waals surface area contributed by atoms with Crippen molar-refractivity contribution in [1.29, 1.82) is 0 Å². The zero-order valence-corrected chi connectivity index (χ0v) is 11.7. The van der Waals surface area contributed by atoms with Crippen LogP contribution in [0.25, 0.3) is 0 Å². The number of nitrogens with one attached hydrogen (secondary N) is 1. The van der Waals surface area contributed by atoms with Crippen molar-refractivity contribution in [3.63, 3.8) is 0 Å². The molecule has 0 bridgehead atoms. The molecule has 0 aliphatic heterocycles. The molecule has 1 rings (SSSR count). The molecule has 0 aliphatic carbocycles. The molecule has 0 saturated heterocycles. The molecule has 0 fully saturated rings. The second-order valence-electron chi connectivity index (χ2n) is 4.91. The molecule has 0 aliphatic rings. The Kier molecular flexibility index (Phi) is 5.89. The van der Waals surface area contributed by atoms with Gasteiger partial charge in [-0.1, -0.05) is 13.8 Å². The normalized spacial score (nSPS) is 12.4. The molecule has 0 spiro atoms. The molecule has 5 nitrogen and oxygen atoms in total. The van der Waals surface area contributed by atoms with Gasteiger partial charge in [0.25, 0.3) is 5.91 Å². The lowest BCUT2D eigenvalue weighted by atomic mass is 9.94. The first-order valence-corrected chi connectivity index (χ1v) is 6.51. The van der Waals surface area contributed by atoms with Crippen LogP contribution in [-0.4, -0.2) is 23.5 Å². The first-order chi connectivity index (χ1) is 8.90. The summed E-state index contributed by atoms with van der Waals surface area (Å²) in [6, 6.07) is 1.48. The molecule has 2 N–H and O–H groups in total.